The van der Waals surface area contributed by atoms with E-state index < -0.39 is 0 Å². The fourth-order valence-electron chi connectivity index (χ4n) is 2.75. The highest BCUT2D eigenvalue weighted by molar-refractivity contribution is 7.10. The summed E-state index contributed by atoms with van der Waals surface area (Å²) in [6.45, 7) is 1.33. The van der Waals surface area contributed by atoms with Crippen molar-refractivity contribution in [2.24, 2.45) is 0 Å². The molecule has 1 aliphatic rings. The molecular formula is C20H16ClNO3S2. The predicted molar refractivity (Wildman–Crippen MR) is 110 cm³/mol. The predicted octanol–water partition coefficient (Wildman–Crippen LogP) is 5.43. The first kappa shape index (κ1) is 18.1. The van der Waals surface area contributed by atoms with Gasteiger partial charge in [0.2, 0.25) is 12.7 Å². The lowest BCUT2D eigenvalue weighted by molar-refractivity contribution is -0.127. The van der Waals surface area contributed by atoms with Crippen molar-refractivity contribution in [3.8, 4) is 11.5 Å². The van der Waals surface area contributed by atoms with Crippen molar-refractivity contribution in [1.82, 2.24) is 4.90 Å². The third-order valence-electron chi connectivity index (χ3n) is 4.03. The van der Waals surface area contributed by atoms with E-state index in [9.17, 15) is 4.79 Å². The molecule has 0 fully saturated rings. The van der Waals surface area contributed by atoms with Crippen molar-refractivity contribution in [3.05, 3.63) is 73.6 Å². The van der Waals surface area contributed by atoms with Gasteiger partial charge in [0.05, 0.1) is 18.1 Å². The first-order valence-electron chi connectivity index (χ1n) is 8.30. The number of amides is 1. The monoisotopic (exact) mass is 417 g/mol. The number of benzene rings is 1. The molecule has 0 saturated heterocycles. The summed E-state index contributed by atoms with van der Waals surface area (Å²) in [5, 5.41) is 4.52. The Kier molecular flexibility index (Phi) is 5.48. The van der Waals surface area contributed by atoms with Crippen molar-refractivity contribution in [2.45, 2.75) is 13.1 Å². The number of hydrogen-bond acceptors (Lipinski definition) is 5. The fourth-order valence-corrected chi connectivity index (χ4v) is 4.46. The van der Waals surface area contributed by atoms with Crippen LogP contribution in [0.15, 0.2) is 53.2 Å². The fraction of sp³-hybridized carbons (Fsp3) is 0.150. The van der Waals surface area contributed by atoms with Crippen molar-refractivity contribution < 1.29 is 14.3 Å². The summed E-state index contributed by atoms with van der Waals surface area (Å²) >= 11 is 9.51. The van der Waals surface area contributed by atoms with Crippen molar-refractivity contribution in [2.75, 3.05) is 6.79 Å². The van der Waals surface area contributed by atoms with Crippen LogP contribution >= 0.6 is 34.3 Å². The van der Waals surface area contributed by atoms with Gasteiger partial charge in [0.1, 0.15) is 0 Å². The molecule has 1 aliphatic heterocycles. The minimum absolute atomic E-state index is 0.0504. The smallest absolute Gasteiger partial charge is 0.247 e. The Morgan fingerprint density at radius 3 is 2.44 bits per heavy atom. The van der Waals surface area contributed by atoms with Crippen LogP contribution in [-0.2, 0) is 17.9 Å². The van der Waals surface area contributed by atoms with Crippen LogP contribution in [-0.4, -0.2) is 17.6 Å². The van der Waals surface area contributed by atoms with Crippen LogP contribution in [0.4, 0.5) is 0 Å². The van der Waals surface area contributed by atoms with Gasteiger partial charge in [-0.2, -0.15) is 0 Å². The van der Waals surface area contributed by atoms with Gasteiger partial charge in [0.15, 0.2) is 11.5 Å². The molecule has 7 heteroatoms. The third-order valence-corrected chi connectivity index (χ3v) is 6.04. The first-order valence-corrected chi connectivity index (χ1v) is 10.4. The number of rotatable bonds is 6. The molecule has 1 amide bonds. The van der Waals surface area contributed by atoms with Gasteiger partial charge >= 0.3 is 0 Å². The van der Waals surface area contributed by atoms with Gasteiger partial charge in [-0.25, -0.2) is 0 Å². The van der Waals surface area contributed by atoms with Gasteiger partial charge in [-0.1, -0.05) is 23.7 Å². The van der Waals surface area contributed by atoms with Crippen LogP contribution in [0, 0.1) is 0 Å². The summed E-state index contributed by atoms with van der Waals surface area (Å²) < 4.78 is 10.7. The summed E-state index contributed by atoms with van der Waals surface area (Å²) in [4.78, 5) is 17.0. The zero-order valence-corrected chi connectivity index (χ0v) is 16.7. The maximum absolute atomic E-state index is 12.8. The number of thiophene rings is 2. The van der Waals surface area contributed by atoms with E-state index in [1.807, 2.05) is 46.0 Å². The minimum Gasteiger partial charge on any atom is -0.454 e. The zero-order chi connectivity index (χ0) is 18.6. The lowest BCUT2D eigenvalue weighted by atomic mass is 10.2. The van der Waals surface area contributed by atoms with Crippen LogP contribution in [0.5, 0.6) is 11.5 Å². The van der Waals surface area contributed by atoms with Crippen LogP contribution in [0.25, 0.3) is 6.08 Å². The molecule has 0 bridgehead atoms. The first-order chi connectivity index (χ1) is 13.2. The molecule has 4 rings (SSSR count). The molecule has 138 valence electrons. The average molecular weight is 418 g/mol. The van der Waals surface area contributed by atoms with Gasteiger partial charge in [0, 0.05) is 15.8 Å². The van der Waals surface area contributed by atoms with Gasteiger partial charge < -0.3 is 14.4 Å². The van der Waals surface area contributed by atoms with E-state index in [0.717, 1.165) is 15.3 Å². The van der Waals surface area contributed by atoms with Crippen LogP contribution < -0.4 is 9.47 Å². The van der Waals surface area contributed by atoms with Crippen LogP contribution in [0.3, 0.4) is 0 Å². The molecule has 0 atom stereocenters. The van der Waals surface area contributed by atoms with E-state index in [-0.39, 0.29) is 12.7 Å². The molecular weight excluding hydrogens is 402 g/mol. The largest absolute Gasteiger partial charge is 0.454 e. The summed E-state index contributed by atoms with van der Waals surface area (Å²) in [6.07, 6.45) is 3.33. The Balaban J connectivity index is 1.52. The number of hydrogen-bond donors (Lipinski definition) is 0. The third kappa shape index (κ3) is 4.35. The summed E-state index contributed by atoms with van der Waals surface area (Å²) in [7, 11) is 0. The van der Waals surface area contributed by atoms with E-state index in [0.29, 0.717) is 29.6 Å². The highest BCUT2D eigenvalue weighted by Crippen LogP contribution is 2.40. The highest BCUT2D eigenvalue weighted by Gasteiger charge is 2.18. The molecule has 3 aromatic rings. The van der Waals surface area contributed by atoms with Gasteiger partial charge in [-0.15, -0.1) is 22.7 Å². The Bertz CT molecular complexity index is 916. The second-order valence-corrected chi connectivity index (χ2v) is 8.39. The summed E-state index contributed by atoms with van der Waals surface area (Å²) in [6, 6.07) is 11.7. The van der Waals surface area contributed by atoms with Gasteiger partial charge in [0.25, 0.3) is 0 Å². The molecule has 3 heterocycles. The van der Waals surface area contributed by atoms with Crippen molar-refractivity contribution in [1.29, 1.82) is 0 Å². The molecule has 0 radical (unpaired) electrons. The summed E-state index contributed by atoms with van der Waals surface area (Å²) in [5.74, 6) is 1.10. The van der Waals surface area contributed by atoms with Crippen LogP contribution in [0.1, 0.15) is 15.3 Å². The topological polar surface area (TPSA) is 38.8 Å². The number of halogens is 1. The maximum atomic E-state index is 12.8. The second-order valence-electron chi connectivity index (χ2n) is 5.92. The Labute approximate surface area is 170 Å². The molecule has 0 aliphatic carbocycles. The number of fused-ring (bicyclic) bond motifs is 1. The molecule has 0 spiro atoms. The number of nitrogens with zero attached hydrogens (tertiary/aromatic N) is 1. The Morgan fingerprint density at radius 1 is 1.11 bits per heavy atom. The molecule has 0 saturated carbocycles. The number of carbonyl (C=O) groups is 1. The normalized spacial score (nSPS) is 12.6. The quantitative estimate of drug-likeness (QED) is 0.501. The lowest BCUT2D eigenvalue weighted by Crippen LogP contribution is -2.27. The van der Waals surface area contributed by atoms with E-state index in [2.05, 4.69) is 0 Å². The Morgan fingerprint density at radius 2 is 1.81 bits per heavy atom. The molecule has 0 unspecified atom stereocenters. The number of carbonyl (C=O) groups excluding carboxylic acids is 1. The second kappa shape index (κ2) is 8.17. The molecule has 1 aromatic carbocycles. The standard InChI is InChI=1S/C20H16ClNO3S2/c21-17-9-14(10-18-20(17)25-13-24-18)5-6-19(23)22(11-15-3-1-7-26-15)12-16-4-2-8-27-16/h1-10H,11-13H2/b6-5+. The SMILES string of the molecule is O=C(/C=C/c1cc(Cl)c2c(c1)OCO2)N(Cc1cccs1)Cc1cccs1. The molecule has 0 N–H and O–H groups in total. The zero-order valence-electron chi connectivity index (χ0n) is 14.3. The highest BCUT2D eigenvalue weighted by atomic mass is 35.5. The number of ether oxygens (including phenoxy) is 2. The molecule has 4 nitrogen and oxygen atoms in total. The maximum Gasteiger partial charge on any atom is 0.247 e. The van der Waals surface area contributed by atoms with E-state index in [1.54, 1.807) is 40.9 Å². The molecule has 27 heavy (non-hydrogen) atoms. The van der Waals surface area contributed by atoms with E-state index in [1.165, 1.54) is 0 Å². The van der Waals surface area contributed by atoms with Gasteiger partial charge in [-0.05, 0) is 46.7 Å². The van der Waals surface area contributed by atoms with E-state index >= 15 is 0 Å². The average Bonchev–Trinajstić information content (AvgIpc) is 3.41. The van der Waals surface area contributed by atoms with Crippen LogP contribution in [0.2, 0.25) is 5.02 Å². The van der Waals surface area contributed by atoms with Crippen molar-refractivity contribution in [3.63, 3.8) is 0 Å². The Hall–Kier alpha value is -2.28. The summed E-state index contributed by atoms with van der Waals surface area (Å²) in [5.41, 5.74) is 0.796. The van der Waals surface area contributed by atoms with E-state index in [4.69, 9.17) is 21.1 Å². The molecule has 2 aromatic heterocycles. The van der Waals surface area contributed by atoms with Crippen molar-refractivity contribution >= 4 is 46.3 Å². The lowest BCUT2D eigenvalue weighted by Gasteiger charge is -2.20. The van der Waals surface area contributed by atoms with Gasteiger partial charge in [-0.3, -0.25) is 4.79 Å². The minimum atomic E-state index is -0.0504.